The number of carbonyl (C=O) groups is 1. The Balaban J connectivity index is 1.40. The van der Waals surface area contributed by atoms with Gasteiger partial charge in [0.2, 0.25) is 5.91 Å². The number of fused-ring (bicyclic) bond motifs is 1. The van der Waals surface area contributed by atoms with E-state index in [4.69, 9.17) is 0 Å². The van der Waals surface area contributed by atoms with Crippen LogP contribution in [-0.2, 0) is 10.2 Å². The van der Waals surface area contributed by atoms with Gasteiger partial charge in [-0.1, -0.05) is 39.0 Å². The lowest BCUT2D eigenvalue weighted by Crippen LogP contribution is -2.39. The van der Waals surface area contributed by atoms with Crippen LogP contribution in [0.5, 0.6) is 0 Å². The van der Waals surface area contributed by atoms with Crippen LogP contribution in [0.2, 0.25) is 0 Å². The largest absolute Gasteiger partial charge is 0.355 e. The van der Waals surface area contributed by atoms with Crippen molar-refractivity contribution in [1.82, 2.24) is 19.8 Å². The van der Waals surface area contributed by atoms with Crippen LogP contribution in [0.4, 0.5) is 11.5 Å². The second-order valence-electron chi connectivity index (χ2n) is 8.37. The third kappa shape index (κ3) is 3.69. The summed E-state index contributed by atoms with van der Waals surface area (Å²) >= 11 is 0. The van der Waals surface area contributed by atoms with Crippen molar-refractivity contribution < 1.29 is 4.79 Å². The molecule has 4 rings (SSSR count). The molecule has 0 saturated carbocycles. The number of hydrogen-bond acceptors (Lipinski definition) is 5. The maximum absolute atomic E-state index is 12.9. The van der Waals surface area contributed by atoms with Crippen LogP contribution in [0.3, 0.4) is 0 Å². The summed E-state index contributed by atoms with van der Waals surface area (Å²) in [5, 5.41) is 15.6. The summed E-state index contributed by atoms with van der Waals surface area (Å²) in [6, 6.07) is 12.0. The van der Waals surface area contributed by atoms with Crippen molar-refractivity contribution in [2.24, 2.45) is 5.92 Å². The molecule has 1 amide bonds. The molecule has 1 aromatic carbocycles. The molecular formula is C21H26N6O. The summed E-state index contributed by atoms with van der Waals surface area (Å²) in [5.74, 6) is 1.02. The fourth-order valence-corrected chi connectivity index (χ4v) is 3.74. The SMILES string of the molecule is CC(C)(C)c1ccccc1NC(=O)C1CCN(c2ccc3nncn3n2)CC1. The van der Waals surface area contributed by atoms with Crippen LogP contribution in [0.25, 0.3) is 5.65 Å². The van der Waals surface area contributed by atoms with Crippen LogP contribution in [0, 0.1) is 5.92 Å². The number of anilines is 2. The molecule has 1 aliphatic heterocycles. The molecule has 3 aromatic rings. The van der Waals surface area contributed by atoms with E-state index in [-0.39, 0.29) is 17.2 Å². The van der Waals surface area contributed by atoms with Crippen LogP contribution in [0.15, 0.2) is 42.7 Å². The molecule has 0 unspecified atom stereocenters. The second kappa shape index (κ2) is 7.22. The average molecular weight is 378 g/mol. The van der Waals surface area contributed by atoms with Crippen molar-refractivity contribution >= 4 is 23.1 Å². The highest BCUT2D eigenvalue weighted by Crippen LogP contribution is 2.30. The highest BCUT2D eigenvalue weighted by Gasteiger charge is 2.27. The van der Waals surface area contributed by atoms with Gasteiger partial charge < -0.3 is 10.2 Å². The lowest BCUT2D eigenvalue weighted by molar-refractivity contribution is -0.120. The number of nitrogens with zero attached hydrogens (tertiary/aromatic N) is 5. The molecule has 1 fully saturated rings. The molecule has 0 atom stereocenters. The molecule has 7 nitrogen and oxygen atoms in total. The monoisotopic (exact) mass is 378 g/mol. The third-order valence-electron chi connectivity index (χ3n) is 5.33. The first kappa shape index (κ1) is 18.4. The Hall–Kier alpha value is -2.96. The Labute approximate surface area is 164 Å². The van der Waals surface area contributed by atoms with Crippen molar-refractivity contribution in [1.29, 1.82) is 0 Å². The first-order valence-corrected chi connectivity index (χ1v) is 9.74. The highest BCUT2D eigenvalue weighted by molar-refractivity contribution is 5.93. The second-order valence-corrected chi connectivity index (χ2v) is 8.37. The van der Waals surface area contributed by atoms with E-state index >= 15 is 0 Å². The van der Waals surface area contributed by atoms with E-state index in [2.05, 4.69) is 52.4 Å². The number of aromatic nitrogens is 4. The first-order chi connectivity index (χ1) is 13.4. The van der Waals surface area contributed by atoms with Gasteiger partial charge in [0.15, 0.2) is 5.65 Å². The number of nitrogens with one attached hydrogen (secondary N) is 1. The molecule has 0 bridgehead atoms. The highest BCUT2D eigenvalue weighted by atomic mass is 16.1. The van der Waals surface area contributed by atoms with E-state index in [1.165, 1.54) is 0 Å². The first-order valence-electron chi connectivity index (χ1n) is 9.74. The van der Waals surface area contributed by atoms with Gasteiger partial charge in [0.25, 0.3) is 0 Å². The maximum atomic E-state index is 12.9. The van der Waals surface area contributed by atoms with Gasteiger partial charge >= 0.3 is 0 Å². The molecule has 2 aromatic heterocycles. The summed E-state index contributed by atoms with van der Waals surface area (Å²) in [7, 11) is 0. The number of para-hydroxylation sites is 1. The summed E-state index contributed by atoms with van der Waals surface area (Å²) in [6.45, 7) is 8.10. The van der Waals surface area contributed by atoms with E-state index in [1.54, 1.807) is 10.8 Å². The van der Waals surface area contributed by atoms with Crippen molar-refractivity contribution in [3.05, 3.63) is 48.3 Å². The van der Waals surface area contributed by atoms with Gasteiger partial charge in [-0.3, -0.25) is 4.79 Å². The lowest BCUT2D eigenvalue weighted by Gasteiger charge is -2.32. The van der Waals surface area contributed by atoms with E-state index < -0.39 is 0 Å². The molecule has 1 saturated heterocycles. The number of piperidine rings is 1. The Morgan fingerprint density at radius 3 is 2.61 bits per heavy atom. The Bertz CT molecular complexity index is 982. The van der Waals surface area contributed by atoms with Gasteiger partial charge in [0.05, 0.1) is 0 Å². The molecule has 0 spiro atoms. The molecule has 28 heavy (non-hydrogen) atoms. The Kier molecular flexibility index (Phi) is 4.75. The van der Waals surface area contributed by atoms with Crippen molar-refractivity contribution in [3.63, 3.8) is 0 Å². The molecule has 0 radical (unpaired) electrons. The standard InChI is InChI=1S/C21H26N6O/c1-21(2,3)16-6-4-5-7-17(16)23-20(28)15-10-12-26(13-11-15)19-9-8-18-24-22-14-27(18)25-19/h4-9,14-15H,10-13H2,1-3H3,(H,23,28). The smallest absolute Gasteiger partial charge is 0.227 e. The van der Waals surface area contributed by atoms with Gasteiger partial charge in [-0.05, 0) is 42.0 Å². The Morgan fingerprint density at radius 1 is 1.11 bits per heavy atom. The molecule has 1 aliphatic rings. The molecule has 146 valence electrons. The summed E-state index contributed by atoms with van der Waals surface area (Å²) in [5.41, 5.74) is 2.80. The molecule has 3 heterocycles. The minimum atomic E-state index is -0.0142. The van der Waals surface area contributed by atoms with Crippen LogP contribution >= 0.6 is 0 Å². The lowest BCUT2D eigenvalue weighted by atomic mass is 9.85. The number of carbonyl (C=O) groups excluding carboxylic acids is 1. The zero-order chi connectivity index (χ0) is 19.7. The van der Waals surface area contributed by atoms with Gasteiger partial charge in [0.1, 0.15) is 12.1 Å². The zero-order valence-corrected chi connectivity index (χ0v) is 16.6. The molecule has 1 N–H and O–H groups in total. The maximum Gasteiger partial charge on any atom is 0.227 e. The van der Waals surface area contributed by atoms with E-state index in [9.17, 15) is 4.79 Å². The number of rotatable bonds is 3. The average Bonchev–Trinajstić information content (AvgIpc) is 3.15. The van der Waals surface area contributed by atoms with Crippen molar-refractivity contribution in [2.45, 2.75) is 39.0 Å². The Morgan fingerprint density at radius 2 is 1.86 bits per heavy atom. The number of benzene rings is 1. The normalized spacial score (nSPS) is 15.8. The van der Waals surface area contributed by atoms with Crippen LogP contribution < -0.4 is 10.2 Å². The van der Waals surface area contributed by atoms with E-state index in [0.29, 0.717) is 0 Å². The number of hydrogen-bond donors (Lipinski definition) is 1. The van der Waals surface area contributed by atoms with Gasteiger partial charge in [-0.15, -0.1) is 15.3 Å². The van der Waals surface area contributed by atoms with E-state index in [1.807, 2.05) is 30.3 Å². The molecule has 0 aliphatic carbocycles. The van der Waals surface area contributed by atoms with Gasteiger partial charge in [-0.2, -0.15) is 4.52 Å². The van der Waals surface area contributed by atoms with Gasteiger partial charge in [-0.25, -0.2) is 0 Å². The quantitative estimate of drug-likeness (QED) is 0.757. The predicted octanol–water partition coefficient (Wildman–Crippen LogP) is 3.28. The van der Waals surface area contributed by atoms with Crippen molar-refractivity contribution in [3.8, 4) is 0 Å². The number of amides is 1. The topological polar surface area (TPSA) is 75.4 Å². The van der Waals surface area contributed by atoms with E-state index in [0.717, 1.165) is 48.6 Å². The summed E-state index contributed by atoms with van der Waals surface area (Å²) in [6.07, 6.45) is 3.22. The minimum absolute atomic E-state index is 0.0142. The molecule has 7 heteroatoms. The van der Waals surface area contributed by atoms with Crippen LogP contribution in [0.1, 0.15) is 39.2 Å². The summed E-state index contributed by atoms with van der Waals surface area (Å²) in [4.78, 5) is 15.1. The predicted molar refractivity (Wildman–Crippen MR) is 109 cm³/mol. The fraction of sp³-hybridized carbons (Fsp3) is 0.429. The van der Waals surface area contributed by atoms with Crippen LogP contribution in [-0.4, -0.2) is 38.8 Å². The minimum Gasteiger partial charge on any atom is -0.355 e. The van der Waals surface area contributed by atoms with Gasteiger partial charge in [0, 0.05) is 24.7 Å². The zero-order valence-electron chi connectivity index (χ0n) is 16.6. The third-order valence-corrected chi connectivity index (χ3v) is 5.33. The fourth-order valence-electron chi connectivity index (χ4n) is 3.74. The molecular weight excluding hydrogens is 352 g/mol. The summed E-state index contributed by atoms with van der Waals surface area (Å²) < 4.78 is 1.68. The van der Waals surface area contributed by atoms with Crippen molar-refractivity contribution in [2.75, 3.05) is 23.3 Å².